The van der Waals surface area contributed by atoms with E-state index in [0.29, 0.717) is 11.0 Å². The SMILES string of the molecule is COc1ccc(OC2CCN(c3nc(CO)nc(Cl)c3C)CC2)cc1. The Balaban J connectivity index is 1.62. The summed E-state index contributed by atoms with van der Waals surface area (Å²) < 4.78 is 11.2. The minimum absolute atomic E-state index is 0.166. The van der Waals surface area contributed by atoms with Gasteiger partial charge in [-0.1, -0.05) is 11.6 Å². The molecule has 0 bridgehead atoms. The average Bonchev–Trinajstić information content (AvgIpc) is 2.65. The first kappa shape index (κ1) is 17.8. The summed E-state index contributed by atoms with van der Waals surface area (Å²) in [5.41, 5.74) is 0.841. The van der Waals surface area contributed by atoms with Crippen molar-refractivity contribution in [2.45, 2.75) is 32.5 Å². The molecule has 0 radical (unpaired) electrons. The Morgan fingerprint density at radius 2 is 1.80 bits per heavy atom. The molecule has 0 atom stereocenters. The lowest BCUT2D eigenvalue weighted by atomic mass is 10.1. The first-order valence-corrected chi connectivity index (χ1v) is 8.68. The van der Waals surface area contributed by atoms with Crippen LogP contribution in [-0.2, 0) is 6.61 Å². The van der Waals surface area contributed by atoms with Crippen molar-refractivity contribution in [3.63, 3.8) is 0 Å². The number of anilines is 1. The predicted molar refractivity (Wildman–Crippen MR) is 96.6 cm³/mol. The number of hydrogen-bond acceptors (Lipinski definition) is 6. The maximum Gasteiger partial charge on any atom is 0.157 e. The van der Waals surface area contributed by atoms with Crippen molar-refractivity contribution in [1.82, 2.24) is 9.97 Å². The van der Waals surface area contributed by atoms with Crippen LogP contribution < -0.4 is 14.4 Å². The highest BCUT2D eigenvalue weighted by atomic mass is 35.5. The highest BCUT2D eigenvalue weighted by Gasteiger charge is 2.24. The van der Waals surface area contributed by atoms with E-state index < -0.39 is 0 Å². The molecule has 0 saturated carbocycles. The Kier molecular flexibility index (Phi) is 5.60. The quantitative estimate of drug-likeness (QED) is 0.824. The third kappa shape index (κ3) is 4.14. The molecule has 0 spiro atoms. The Labute approximate surface area is 152 Å². The standard InChI is InChI=1S/C18H22ClN3O3/c1-12-17(19)20-16(11-23)21-18(12)22-9-7-15(8-10-22)25-14-5-3-13(24-2)4-6-14/h3-6,15,23H,7-11H2,1-2H3. The van der Waals surface area contributed by atoms with Crippen LogP contribution in [0.1, 0.15) is 24.2 Å². The van der Waals surface area contributed by atoms with Gasteiger partial charge in [-0.2, -0.15) is 0 Å². The molecule has 2 heterocycles. The second kappa shape index (κ2) is 7.89. The van der Waals surface area contributed by atoms with Crippen LogP contribution in [0.25, 0.3) is 0 Å². The molecule has 6 nitrogen and oxygen atoms in total. The molecule has 1 aliphatic heterocycles. The highest BCUT2D eigenvalue weighted by molar-refractivity contribution is 6.30. The summed E-state index contributed by atoms with van der Waals surface area (Å²) in [5, 5.41) is 9.68. The molecule has 1 fully saturated rings. The topological polar surface area (TPSA) is 67.7 Å². The first-order chi connectivity index (χ1) is 12.1. The molecule has 2 aromatic rings. The fraction of sp³-hybridized carbons (Fsp3) is 0.444. The van der Waals surface area contributed by atoms with Crippen LogP contribution >= 0.6 is 11.6 Å². The lowest BCUT2D eigenvalue weighted by Crippen LogP contribution is -2.39. The van der Waals surface area contributed by atoms with E-state index in [4.69, 9.17) is 21.1 Å². The van der Waals surface area contributed by atoms with Crippen molar-refractivity contribution in [2.24, 2.45) is 0 Å². The van der Waals surface area contributed by atoms with Crippen LogP contribution in [-0.4, -0.2) is 41.4 Å². The van der Waals surface area contributed by atoms with E-state index in [1.807, 2.05) is 31.2 Å². The Morgan fingerprint density at radius 1 is 1.16 bits per heavy atom. The molecule has 0 amide bonds. The van der Waals surface area contributed by atoms with Gasteiger partial charge in [0.1, 0.15) is 35.2 Å². The number of rotatable bonds is 5. The molecule has 134 valence electrons. The Morgan fingerprint density at radius 3 is 2.40 bits per heavy atom. The summed E-state index contributed by atoms with van der Waals surface area (Å²) in [7, 11) is 1.65. The maximum atomic E-state index is 9.29. The number of halogens is 1. The number of aromatic nitrogens is 2. The largest absolute Gasteiger partial charge is 0.497 e. The normalized spacial score (nSPS) is 15.3. The van der Waals surface area contributed by atoms with Gasteiger partial charge < -0.3 is 19.5 Å². The third-order valence-electron chi connectivity index (χ3n) is 4.35. The van der Waals surface area contributed by atoms with E-state index >= 15 is 0 Å². The fourth-order valence-corrected chi connectivity index (χ4v) is 3.11. The molecular formula is C18H22ClN3O3. The molecule has 3 rings (SSSR count). The zero-order valence-electron chi connectivity index (χ0n) is 14.4. The van der Waals surface area contributed by atoms with Gasteiger partial charge in [-0.15, -0.1) is 0 Å². The van der Waals surface area contributed by atoms with Crippen molar-refractivity contribution in [2.75, 3.05) is 25.1 Å². The summed E-state index contributed by atoms with van der Waals surface area (Å²) >= 11 is 6.15. The molecule has 1 aromatic heterocycles. The molecular weight excluding hydrogens is 342 g/mol. The number of piperidine rings is 1. The molecule has 0 unspecified atom stereocenters. The number of aliphatic hydroxyl groups is 1. The maximum absolute atomic E-state index is 9.29. The van der Waals surface area contributed by atoms with Gasteiger partial charge in [-0.25, -0.2) is 9.97 Å². The Hall–Kier alpha value is -2.05. The zero-order chi connectivity index (χ0) is 17.8. The molecule has 1 aliphatic rings. The van der Waals surface area contributed by atoms with Crippen molar-refractivity contribution in [3.05, 3.63) is 40.8 Å². The molecule has 7 heteroatoms. The van der Waals surface area contributed by atoms with E-state index in [1.54, 1.807) is 7.11 Å². The second-order valence-electron chi connectivity index (χ2n) is 6.02. The highest BCUT2D eigenvalue weighted by Crippen LogP contribution is 2.28. The number of nitrogens with zero attached hydrogens (tertiary/aromatic N) is 3. The van der Waals surface area contributed by atoms with Crippen molar-refractivity contribution < 1.29 is 14.6 Å². The third-order valence-corrected chi connectivity index (χ3v) is 4.72. The summed E-state index contributed by atoms with van der Waals surface area (Å²) in [5.74, 6) is 2.82. The van der Waals surface area contributed by atoms with Gasteiger partial charge in [-0.05, 0) is 31.2 Å². The van der Waals surface area contributed by atoms with Gasteiger partial charge in [0.05, 0.1) is 7.11 Å². The van der Waals surface area contributed by atoms with Gasteiger partial charge >= 0.3 is 0 Å². The number of methoxy groups -OCH3 is 1. The van der Waals surface area contributed by atoms with Gasteiger partial charge in [-0.3, -0.25) is 0 Å². The lowest BCUT2D eigenvalue weighted by Gasteiger charge is -2.33. The van der Waals surface area contributed by atoms with Gasteiger partial charge in [0.15, 0.2) is 5.82 Å². The van der Waals surface area contributed by atoms with Crippen LogP contribution in [0.4, 0.5) is 5.82 Å². The number of benzene rings is 1. The van der Waals surface area contributed by atoms with Crippen molar-refractivity contribution >= 4 is 17.4 Å². The van der Waals surface area contributed by atoms with Crippen molar-refractivity contribution in [3.8, 4) is 11.5 Å². The summed E-state index contributed by atoms with van der Waals surface area (Å²) in [4.78, 5) is 10.7. The minimum atomic E-state index is -0.218. The molecule has 1 N–H and O–H groups in total. The molecule has 1 aromatic carbocycles. The van der Waals surface area contributed by atoms with Gasteiger partial charge in [0, 0.05) is 31.5 Å². The number of aliphatic hydroxyl groups excluding tert-OH is 1. The summed E-state index contributed by atoms with van der Waals surface area (Å²) in [6, 6.07) is 7.64. The lowest BCUT2D eigenvalue weighted by molar-refractivity contribution is 0.170. The molecule has 0 aliphatic carbocycles. The second-order valence-corrected chi connectivity index (χ2v) is 6.38. The van der Waals surface area contributed by atoms with E-state index in [1.165, 1.54) is 0 Å². The summed E-state index contributed by atoms with van der Waals surface area (Å²) in [6.07, 6.45) is 1.95. The molecule has 1 saturated heterocycles. The zero-order valence-corrected chi connectivity index (χ0v) is 15.2. The minimum Gasteiger partial charge on any atom is -0.497 e. The van der Waals surface area contributed by atoms with Crippen molar-refractivity contribution in [1.29, 1.82) is 0 Å². The van der Waals surface area contributed by atoms with Crippen LogP contribution in [0.2, 0.25) is 5.15 Å². The summed E-state index contributed by atoms with van der Waals surface area (Å²) in [6.45, 7) is 3.32. The van der Waals surface area contributed by atoms with Crippen LogP contribution in [0.15, 0.2) is 24.3 Å². The van der Waals surface area contributed by atoms with E-state index in [2.05, 4.69) is 14.9 Å². The van der Waals surface area contributed by atoms with E-state index in [9.17, 15) is 5.11 Å². The van der Waals surface area contributed by atoms with Gasteiger partial charge in [0.2, 0.25) is 0 Å². The molecule has 25 heavy (non-hydrogen) atoms. The van der Waals surface area contributed by atoms with Crippen LogP contribution in [0, 0.1) is 6.92 Å². The smallest absolute Gasteiger partial charge is 0.157 e. The first-order valence-electron chi connectivity index (χ1n) is 8.30. The number of ether oxygens (including phenoxy) is 2. The number of hydrogen-bond donors (Lipinski definition) is 1. The fourth-order valence-electron chi connectivity index (χ4n) is 2.93. The average molecular weight is 364 g/mol. The van der Waals surface area contributed by atoms with E-state index in [-0.39, 0.29) is 12.7 Å². The predicted octanol–water partition coefficient (Wildman–Crippen LogP) is 2.99. The van der Waals surface area contributed by atoms with Crippen LogP contribution in [0.5, 0.6) is 11.5 Å². The van der Waals surface area contributed by atoms with Crippen LogP contribution in [0.3, 0.4) is 0 Å². The monoisotopic (exact) mass is 363 g/mol. The Bertz CT molecular complexity index is 716. The van der Waals surface area contributed by atoms with E-state index in [0.717, 1.165) is 48.8 Å². The van der Waals surface area contributed by atoms with Gasteiger partial charge in [0.25, 0.3) is 0 Å².